The molecule has 5 nitrogen and oxygen atoms in total. The van der Waals surface area contributed by atoms with Gasteiger partial charge in [-0.15, -0.1) is 0 Å². The van der Waals surface area contributed by atoms with E-state index in [0.717, 1.165) is 25.8 Å². The summed E-state index contributed by atoms with van der Waals surface area (Å²) in [5.41, 5.74) is 6.70. The number of nitrogens with zero attached hydrogens (tertiary/aromatic N) is 1. The zero-order valence-corrected chi connectivity index (χ0v) is 12.9. The Kier molecular flexibility index (Phi) is 4.67. The number of para-hydroxylation sites is 1. The molecule has 0 aliphatic heterocycles. The van der Waals surface area contributed by atoms with Crippen molar-refractivity contribution >= 4 is 15.7 Å². The van der Waals surface area contributed by atoms with Gasteiger partial charge in [-0.25, -0.2) is 12.7 Å². The predicted molar refractivity (Wildman–Crippen MR) is 81.1 cm³/mol. The molecular formula is C14H23N3O2S. The maximum atomic E-state index is 12.3. The molecule has 0 heterocycles. The second-order valence-corrected chi connectivity index (χ2v) is 7.64. The fourth-order valence-corrected chi connectivity index (χ4v) is 3.66. The Balaban J connectivity index is 2.16. The molecule has 1 aromatic carbocycles. The van der Waals surface area contributed by atoms with Crippen LogP contribution in [0.2, 0.25) is 0 Å². The highest BCUT2D eigenvalue weighted by molar-refractivity contribution is 7.89. The van der Waals surface area contributed by atoms with Crippen LogP contribution in [0.15, 0.2) is 29.2 Å². The van der Waals surface area contributed by atoms with Gasteiger partial charge in [0.15, 0.2) is 0 Å². The van der Waals surface area contributed by atoms with Gasteiger partial charge >= 0.3 is 0 Å². The molecule has 1 aliphatic rings. The molecule has 0 aromatic heterocycles. The van der Waals surface area contributed by atoms with Crippen molar-refractivity contribution in [2.75, 3.05) is 26.0 Å². The van der Waals surface area contributed by atoms with Crippen LogP contribution in [0, 0.1) is 5.92 Å². The first-order valence-electron chi connectivity index (χ1n) is 6.94. The molecule has 2 rings (SSSR count). The first-order chi connectivity index (χ1) is 9.43. The quantitative estimate of drug-likeness (QED) is 0.863. The van der Waals surface area contributed by atoms with Crippen molar-refractivity contribution in [3.05, 3.63) is 24.3 Å². The van der Waals surface area contributed by atoms with Crippen molar-refractivity contribution in [1.29, 1.82) is 0 Å². The maximum absolute atomic E-state index is 12.3. The van der Waals surface area contributed by atoms with Gasteiger partial charge in [-0.3, -0.25) is 0 Å². The smallest absolute Gasteiger partial charge is 0.244 e. The summed E-state index contributed by atoms with van der Waals surface area (Å²) in [6, 6.07) is 7.23. The molecule has 0 bridgehead atoms. The standard InChI is InChI=1S/C14H23N3O2S/c1-17(2)20(18,19)14-9-4-3-8-13(14)16-10-11-6-5-7-12(11)15/h3-4,8-9,11-12,16H,5-7,10,15H2,1-2H3. The zero-order valence-electron chi connectivity index (χ0n) is 12.0. The van der Waals surface area contributed by atoms with Crippen LogP contribution in [0.5, 0.6) is 0 Å². The van der Waals surface area contributed by atoms with Crippen molar-refractivity contribution < 1.29 is 8.42 Å². The number of nitrogens with two attached hydrogens (primary N) is 1. The summed E-state index contributed by atoms with van der Waals surface area (Å²) in [6.07, 6.45) is 3.33. The Morgan fingerprint density at radius 3 is 2.60 bits per heavy atom. The van der Waals surface area contributed by atoms with Crippen LogP contribution >= 0.6 is 0 Å². The lowest BCUT2D eigenvalue weighted by Gasteiger charge is -2.20. The van der Waals surface area contributed by atoms with Crippen LogP contribution in [0.3, 0.4) is 0 Å². The van der Waals surface area contributed by atoms with Gasteiger partial charge in [0.1, 0.15) is 4.90 Å². The SMILES string of the molecule is CN(C)S(=O)(=O)c1ccccc1NCC1CCCC1N. The van der Waals surface area contributed by atoms with Crippen LogP contribution in [0.4, 0.5) is 5.69 Å². The average Bonchev–Trinajstić information content (AvgIpc) is 2.82. The molecular weight excluding hydrogens is 274 g/mol. The van der Waals surface area contributed by atoms with Gasteiger partial charge in [0.05, 0.1) is 5.69 Å². The molecule has 1 aromatic rings. The third kappa shape index (κ3) is 3.13. The lowest BCUT2D eigenvalue weighted by Crippen LogP contribution is -2.30. The minimum Gasteiger partial charge on any atom is -0.384 e. The maximum Gasteiger partial charge on any atom is 0.244 e. The lowest BCUT2D eigenvalue weighted by molar-refractivity contribution is 0.504. The van der Waals surface area contributed by atoms with Crippen molar-refractivity contribution in [1.82, 2.24) is 4.31 Å². The number of sulfonamides is 1. The summed E-state index contributed by atoms with van der Waals surface area (Å²) >= 11 is 0. The van der Waals surface area contributed by atoms with E-state index in [1.54, 1.807) is 32.3 Å². The summed E-state index contributed by atoms with van der Waals surface area (Å²) in [7, 11) is -0.346. The molecule has 112 valence electrons. The second-order valence-electron chi connectivity index (χ2n) is 5.52. The zero-order chi connectivity index (χ0) is 14.8. The molecule has 20 heavy (non-hydrogen) atoms. The third-order valence-electron chi connectivity index (χ3n) is 3.92. The minimum atomic E-state index is -3.43. The van der Waals surface area contributed by atoms with E-state index in [2.05, 4.69) is 5.32 Å². The molecule has 2 unspecified atom stereocenters. The van der Waals surface area contributed by atoms with Crippen LogP contribution in [-0.4, -0.2) is 39.4 Å². The largest absolute Gasteiger partial charge is 0.384 e. The summed E-state index contributed by atoms with van der Waals surface area (Å²) < 4.78 is 25.8. The lowest BCUT2D eigenvalue weighted by atomic mass is 10.0. The molecule has 3 N–H and O–H groups in total. The molecule has 0 spiro atoms. The molecule has 1 saturated carbocycles. The first-order valence-corrected chi connectivity index (χ1v) is 8.38. The van der Waals surface area contributed by atoms with Gasteiger partial charge in [-0.1, -0.05) is 18.6 Å². The molecule has 6 heteroatoms. The van der Waals surface area contributed by atoms with Crippen LogP contribution in [0.1, 0.15) is 19.3 Å². The number of hydrogen-bond donors (Lipinski definition) is 2. The first kappa shape index (κ1) is 15.3. The second kappa shape index (κ2) is 6.11. The van der Waals surface area contributed by atoms with Crippen LogP contribution in [-0.2, 0) is 10.0 Å². The number of anilines is 1. The van der Waals surface area contributed by atoms with Gasteiger partial charge in [0.2, 0.25) is 10.0 Å². The van der Waals surface area contributed by atoms with E-state index in [9.17, 15) is 8.42 Å². The normalized spacial score (nSPS) is 23.2. The van der Waals surface area contributed by atoms with E-state index in [1.165, 1.54) is 4.31 Å². The molecule has 1 fully saturated rings. The Labute approximate surface area is 121 Å². The van der Waals surface area contributed by atoms with Crippen molar-refractivity contribution in [3.63, 3.8) is 0 Å². The van der Waals surface area contributed by atoms with Crippen molar-refractivity contribution in [2.24, 2.45) is 11.7 Å². The van der Waals surface area contributed by atoms with E-state index in [0.29, 0.717) is 16.5 Å². The molecule has 0 radical (unpaired) electrons. The van der Waals surface area contributed by atoms with Gasteiger partial charge in [-0.05, 0) is 30.9 Å². The van der Waals surface area contributed by atoms with Gasteiger partial charge in [0.25, 0.3) is 0 Å². The molecule has 2 atom stereocenters. The molecule has 0 amide bonds. The molecule has 0 saturated heterocycles. The number of rotatable bonds is 5. The summed E-state index contributed by atoms with van der Waals surface area (Å²) in [6.45, 7) is 0.723. The topological polar surface area (TPSA) is 75.4 Å². The highest BCUT2D eigenvalue weighted by atomic mass is 32.2. The van der Waals surface area contributed by atoms with E-state index < -0.39 is 10.0 Å². The number of hydrogen-bond acceptors (Lipinski definition) is 4. The Bertz CT molecular complexity index is 557. The average molecular weight is 297 g/mol. The summed E-state index contributed by atoms with van der Waals surface area (Å²) in [5, 5.41) is 3.26. The highest BCUT2D eigenvalue weighted by Crippen LogP contribution is 2.27. The highest BCUT2D eigenvalue weighted by Gasteiger charge is 2.25. The number of nitrogens with one attached hydrogen (secondary N) is 1. The van der Waals surface area contributed by atoms with Gasteiger partial charge in [0, 0.05) is 26.7 Å². The number of benzene rings is 1. The molecule has 1 aliphatic carbocycles. The van der Waals surface area contributed by atoms with E-state index in [4.69, 9.17) is 5.73 Å². The van der Waals surface area contributed by atoms with Crippen molar-refractivity contribution in [2.45, 2.75) is 30.2 Å². The Morgan fingerprint density at radius 1 is 1.30 bits per heavy atom. The van der Waals surface area contributed by atoms with Crippen LogP contribution < -0.4 is 11.1 Å². The van der Waals surface area contributed by atoms with E-state index >= 15 is 0 Å². The summed E-state index contributed by atoms with van der Waals surface area (Å²) in [5.74, 6) is 0.421. The Hall–Kier alpha value is -1.11. The Morgan fingerprint density at radius 2 is 2.00 bits per heavy atom. The van der Waals surface area contributed by atoms with Gasteiger partial charge in [-0.2, -0.15) is 0 Å². The summed E-state index contributed by atoms with van der Waals surface area (Å²) in [4.78, 5) is 0.316. The monoisotopic (exact) mass is 297 g/mol. The van der Waals surface area contributed by atoms with E-state index in [-0.39, 0.29) is 6.04 Å². The third-order valence-corrected chi connectivity index (χ3v) is 5.79. The fourth-order valence-electron chi connectivity index (χ4n) is 2.59. The predicted octanol–water partition coefficient (Wildman–Crippen LogP) is 1.48. The minimum absolute atomic E-state index is 0.222. The van der Waals surface area contributed by atoms with Gasteiger partial charge < -0.3 is 11.1 Å². The van der Waals surface area contributed by atoms with E-state index in [1.807, 2.05) is 6.07 Å². The fraction of sp³-hybridized carbons (Fsp3) is 0.571. The van der Waals surface area contributed by atoms with Crippen LogP contribution in [0.25, 0.3) is 0 Å². The van der Waals surface area contributed by atoms with Crippen molar-refractivity contribution in [3.8, 4) is 0 Å².